The van der Waals surface area contributed by atoms with Gasteiger partial charge in [-0.15, -0.1) is 0 Å². The molecule has 1 nitrogen and oxygen atoms in total. The van der Waals surface area contributed by atoms with Crippen LogP contribution in [-0.4, -0.2) is 0 Å². The first-order valence-electron chi connectivity index (χ1n) is 17.4. The lowest BCUT2D eigenvalue weighted by atomic mass is 9.81. The number of hydrogen-bond acceptors (Lipinski definition) is 1. The van der Waals surface area contributed by atoms with Gasteiger partial charge < -0.3 is 5.32 Å². The van der Waals surface area contributed by atoms with Crippen LogP contribution in [0, 0.1) is 0 Å². The van der Waals surface area contributed by atoms with Gasteiger partial charge in [0.2, 0.25) is 0 Å². The highest BCUT2D eigenvalue weighted by molar-refractivity contribution is 5.86. The van der Waals surface area contributed by atoms with Crippen molar-refractivity contribution in [3.8, 4) is 22.3 Å². The molecule has 1 N–H and O–H groups in total. The van der Waals surface area contributed by atoms with Crippen molar-refractivity contribution in [3.63, 3.8) is 0 Å². The molecular formula is C33H35N. The first-order chi connectivity index (χ1) is 21.1. The maximum Gasteiger partial charge on any atom is 0.0425 e. The van der Waals surface area contributed by atoms with Gasteiger partial charge in [0, 0.05) is 33.2 Å². The summed E-state index contributed by atoms with van der Waals surface area (Å²) in [6, 6.07) is 25.0. The maximum absolute atomic E-state index is 8.30. The first-order valence-corrected chi connectivity index (χ1v) is 11.4. The van der Waals surface area contributed by atoms with E-state index in [9.17, 15) is 0 Å². The van der Waals surface area contributed by atoms with Crippen molar-refractivity contribution in [3.05, 3.63) is 107 Å². The van der Waals surface area contributed by atoms with E-state index in [4.69, 9.17) is 16.4 Å². The van der Waals surface area contributed by atoms with Crippen LogP contribution in [0.2, 0.25) is 0 Å². The molecule has 0 atom stereocenters. The Morgan fingerprint density at radius 2 is 1.29 bits per heavy atom. The lowest BCUT2D eigenvalue weighted by Gasteiger charge is -2.25. The minimum atomic E-state index is -2.93. The Kier molecular flexibility index (Phi) is 3.09. The molecule has 0 aliphatic heterocycles. The summed E-state index contributed by atoms with van der Waals surface area (Å²) < 4.78 is 98.8. The van der Waals surface area contributed by atoms with Crippen LogP contribution in [0.15, 0.2) is 84.9 Å². The summed E-state index contributed by atoms with van der Waals surface area (Å²) in [6.07, 6.45) is 0. The van der Waals surface area contributed by atoms with Crippen LogP contribution in [0.3, 0.4) is 0 Å². The van der Waals surface area contributed by atoms with Crippen LogP contribution in [0.1, 0.15) is 91.8 Å². The molecule has 1 heteroatoms. The Hall–Kier alpha value is -3.32. The van der Waals surface area contributed by atoms with Crippen molar-refractivity contribution >= 4 is 11.4 Å². The predicted octanol–water partition coefficient (Wildman–Crippen LogP) is 9.65. The highest BCUT2D eigenvalue weighted by Crippen LogP contribution is 2.51. The van der Waals surface area contributed by atoms with E-state index in [1.165, 1.54) is 6.07 Å². The number of hydrogen-bond donors (Lipinski definition) is 1. The molecule has 4 aromatic rings. The summed E-state index contributed by atoms with van der Waals surface area (Å²) >= 11 is 0. The van der Waals surface area contributed by atoms with Crippen molar-refractivity contribution in [1.82, 2.24) is 0 Å². The van der Waals surface area contributed by atoms with Crippen molar-refractivity contribution in [1.29, 1.82) is 0 Å². The van der Waals surface area contributed by atoms with E-state index in [2.05, 4.69) is 5.32 Å². The number of benzene rings is 4. The molecule has 34 heavy (non-hydrogen) atoms. The smallest absolute Gasteiger partial charge is 0.0425 e. The van der Waals surface area contributed by atoms with E-state index in [1.807, 2.05) is 68.4 Å². The predicted molar refractivity (Wildman–Crippen MR) is 147 cm³/mol. The van der Waals surface area contributed by atoms with Crippen LogP contribution in [-0.2, 0) is 5.41 Å². The molecule has 5 rings (SSSR count). The van der Waals surface area contributed by atoms with Gasteiger partial charge in [-0.05, 0) is 68.5 Å². The molecule has 4 aromatic carbocycles. The average Bonchev–Trinajstić information content (AvgIpc) is 3.13. The lowest BCUT2D eigenvalue weighted by Crippen LogP contribution is -2.15. The largest absolute Gasteiger partial charge is 0.355 e. The normalized spacial score (nSPS) is 20.5. The number of fused-ring (bicyclic) bond motifs is 3. The van der Waals surface area contributed by atoms with Crippen LogP contribution in [0.5, 0.6) is 0 Å². The molecule has 0 bridgehead atoms. The minimum Gasteiger partial charge on any atom is -0.355 e. The highest BCUT2D eigenvalue weighted by Gasteiger charge is 2.36. The van der Waals surface area contributed by atoms with Gasteiger partial charge in [-0.3, -0.25) is 0 Å². The third-order valence-corrected chi connectivity index (χ3v) is 6.81. The van der Waals surface area contributed by atoms with Gasteiger partial charge >= 0.3 is 0 Å². The lowest BCUT2D eigenvalue weighted by molar-refractivity contribution is 0.658. The molecule has 0 saturated heterocycles. The minimum absolute atomic E-state index is 0.00927. The van der Waals surface area contributed by atoms with Gasteiger partial charge in [0.1, 0.15) is 0 Å². The van der Waals surface area contributed by atoms with Crippen molar-refractivity contribution < 1.29 is 16.4 Å². The Labute approximate surface area is 221 Å². The topological polar surface area (TPSA) is 12.0 Å². The monoisotopic (exact) mass is 457 g/mol. The van der Waals surface area contributed by atoms with E-state index in [1.54, 1.807) is 24.3 Å². The van der Waals surface area contributed by atoms with Gasteiger partial charge in [0.25, 0.3) is 0 Å². The summed E-state index contributed by atoms with van der Waals surface area (Å²) in [7, 11) is 0. The zero-order valence-electron chi connectivity index (χ0n) is 31.2. The van der Waals surface area contributed by atoms with Gasteiger partial charge in [0.15, 0.2) is 0 Å². The van der Waals surface area contributed by atoms with Crippen LogP contribution < -0.4 is 5.32 Å². The molecule has 172 valence electrons. The summed E-state index contributed by atoms with van der Waals surface area (Å²) in [4.78, 5) is 0. The molecule has 0 fully saturated rings. The number of nitrogens with one attached hydrogen (secondary N) is 1. The van der Waals surface area contributed by atoms with E-state index in [0.717, 1.165) is 27.8 Å². The number of rotatable bonds is 5. The maximum atomic E-state index is 8.30. The molecule has 1 aliphatic carbocycles. The Balaban J connectivity index is 1.83. The van der Waals surface area contributed by atoms with Gasteiger partial charge in [0.05, 0.1) is 0 Å². The van der Waals surface area contributed by atoms with Gasteiger partial charge in [-0.25, -0.2) is 0 Å². The zero-order chi connectivity index (χ0) is 34.0. The Morgan fingerprint density at radius 3 is 2.06 bits per heavy atom. The fraction of sp³-hybridized carbons (Fsp3) is 0.273. The third kappa shape index (κ3) is 3.74. The number of anilines is 2. The van der Waals surface area contributed by atoms with E-state index < -0.39 is 44.7 Å². The molecule has 0 radical (unpaired) electrons. The van der Waals surface area contributed by atoms with Crippen molar-refractivity contribution in [2.45, 2.75) is 58.5 Å². The first kappa shape index (κ1) is 12.4. The molecule has 0 unspecified atom stereocenters. The second-order valence-electron chi connectivity index (χ2n) is 9.31. The molecule has 0 heterocycles. The Morgan fingerprint density at radius 1 is 0.618 bits per heavy atom. The summed E-state index contributed by atoms with van der Waals surface area (Å²) in [6.45, 7) is -7.71. The van der Waals surface area contributed by atoms with E-state index in [-0.39, 0.29) is 22.5 Å². The zero-order valence-corrected chi connectivity index (χ0v) is 19.2. The molecule has 0 spiro atoms. The SMILES string of the molecule is [2H]C([2H])([2H])C(c1ccc(-c2ccccc2)cc1Nc1cc2c(cc1C(C([2H])([2H])[2H])C([2H])([2H])[2H])C(C)(C)c1ccccc1-2)C([2H])([2H])[2H]. The van der Waals surface area contributed by atoms with Gasteiger partial charge in [-0.2, -0.15) is 0 Å². The summed E-state index contributed by atoms with van der Waals surface area (Å²) in [5, 5.41) is 3.19. The van der Waals surface area contributed by atoms with Crippen molar-refractivity contribution in [2.75, 3.05) is 5.32 Å². The second kappa shape index (κ2) is 8.47. The highest BCUT2D eigenvalue weighted by atomic mass is 14.9. The quantitative estimate of drug-likeness (QED) is 0.314. The fourth-order valence-electron chi connectivity index (χ4n) is 4.98. The average molecular weight is 458 g/mol. The molecular weight excluding hydrogens is 410 g/mol. The van der Waals surface area contributed by atoms with E-state index >= 15 is 0 Å². The molecule has 0 aromatic heterocycles. The third-order valence-electron chi connectivity index (χ3n) is 6.81. The Bertz CT molecular complexity index is 1720. The van der Waals surface area contributed by atoms with Gasteiger partial charge in [-0.1, -0.05) is 114 Å². The molecule has 0 saturated carbocycles. The summed E-state index contributed by atoms with van der Waals surface area (Å²) in [5.74, 6) is -3.78. The molecule has 0 amide bonds. The van der Waals surface area contributed by atoms with Crippen LogP contribution >= 0.6 is 0 Å². The van der Waals surface area contributed by atoms with E-state index in [0.29, 0.717) is 5.56 Å². The standard InChI is InChI=1S/C33H35N/c1-21(2)25-17-16-24(23-12-8-7-9-13-23)18-31(25)34-32-20-28-26-14-10-11-15-29(26)33(5,6)30(28)19-27(32)22(3)4/h7-22,34H,1-6H3/i1D3,2D3,3D3,4D3. The van der Waals surface area contributed by atoms with Crippen LogP contribution in [0.25, 0.3) is 22.3 Å². The molecule has 1 aliphatic rings. The van der Waals surface area contributed by atoms with Crippen molar-refractivity contribution in [2.24, 2.45) is 0 Å². The second-order valence-corrected chi connectivity index (χ2v) is 9.31. The van der Waals surface area contributed by atoms with Crippen LogP contribution in [0.4, 0.5) is 11.4 Å². The fourth-order valence-corrected chi connectivity index (χ4v) is 4.98. The summed E-state index contributed by atoms with van der Waals surface area (Å²) in [5.41, 5.74) is 4.54.